The van der Waals surface area contributed by atoms with Gasteiger partial charge >= 0.3 is 0 Å². The molecule has 1 amide bonds. The number of para-hydroxylation sites is 3. The van der Waals surface area contributed by atoms with Crippen molar-refractivity contribution in [2.75, 3.05) is 13.2 Å². The number of ether oxygens (including phenoxy) is 3. The molecular formula is C19H20ClNO4. The van der Waals surface area contributed by atoms with Gasteiger partial charge in [-0.25, -0.2) is 0 Å². The van der Waals surface area contributed by atoms with Gasteiger partial charge in [0, 0.05) is 0 Å². The van der Waals surface area contributed by atoms with Crippen LogP contribution in [0.1, 0.15) is 13.3 Å². The largest absolute Gasteiger partial charge is 0.486 e. The topological polar surface area (TPSA) is 56.8 Å². The van der Waals surface area contributed by atoms with Crippen molar-refractivity contribution in [1.29, 1.82) is 0 Å². The van der Waals surface area contributed by atoms with Crippen LogP contribution in [0.3, 0.4) is 0 Å². The van der Waals surface area contributed by atoms with Crippen LogP contribution in [0.15, 0.2) is 48.5 Å². The average Bonchev–Trinajstić information content (AvgIpc) is 2.65. The Kier molecular flexibility index (Phi) is 5.66. The first-order valence-corrected chi connectivity index (χ1v) is 8.62. The van der Waals surface area contributed by atoms with Crippen LogP contribution in [0.4, 0.5) is 0 Å². The molecule has 0 aromatic heterocycles. The molecule has 0 radical (unpaired) electrons. The highest BCUT2D eigenvalue weighted by atomic mass is 35.5. The highest BCUT2D eigenvalue weighted by Crippen LogP contribution is 2.30. The number of hydrogen-bond donors (Lipinski definition) is 1. The molecule has 0 bridgehead atoms. The van der Waals surface area contributed by atoms with E-state index in [0.717, 1.165) is 5.75 Å². The molecule has 0 fully saturated rings. The van der Waals surface area contributed by atoms with Crippen LogP contribution in [0.5, 0.6) is 17.2 Å². The summed E-state index contributed by atoms with van der Waals surface area (Å²) in [6.07, 6.45) is -0.324. The summed E-state index contributed by atoms with van der Waals surface area (Å²) in [5, 5.41) is 3.34. The predicted octanol–water partition coefficient (Wildman–Crippen LogP) is 3.45. The highest BCUT2D eigenvalue weighted by Gasteiger charge is 2.24. The molecule has 3 rings (SSSR count). The third-order valence-corrected chi connectivity index (χ3v) is 4.15. The number of benzene rings is 2. The van der Waals surface area contributed by atoms with Gasteiger partial charge in [0.15, 0.2) is 17.6 Å². The van der Waals surface area contributed by atoms with Crippen molar-refractivity contribution >= 4 is 17.5 Å². The van der Waals surface area contributed by atoms with Gasteiger partial charge in [0.05, 0.1) is 11.6 Å². The zero-order valence-electron chi connectivity index (χ0n) is 13.9. The Bertz CT molecular complexity index is 737. The van der Waals surface area contributed by atoms with Gasteiger partial charge in [-0.15, -0.1) is 0 Å². The Morgan fingerprint density at radius 3 is 2.72 bits per heavy atom. The van der Waals surface area contributed by atoms with Gasteiger partial charge in [0.25, 0.3) is 5.91 Å². The molecule has 25 heavy (non-hydrogen) atoms. The van der Waals surface area contributed by atoms with E-state index < -0.39 is 6.10 Å². The van der Waals surface area contributed by atoms with Crippen LogP contribution < -0.4 is 19.5 Å². The Hall–Kier alpha value is -2.40. The second kappa shape index (κ2) is 8.12. The quantitative estimate of drug-likeness (QED) is 0.856. The lowest BCUT2D eigenvalue weighted by Gasteiger charge is -2.27. The van der Waals surface area contributed by atoms with E-state index in [0.29, 0.717) is 36.1 Å². The summed E-state index contributed by atoms with van der Waals surface area (Å²) in [6, 6.07) is 14.6. The van der Waals surface area contributed by atoms with Crippen molar-refractivity contribution in [1.82, 2.24) is 5.32 Å². The number of amides is 1. The van der Waals surface area contributed by atoms with Crippen LogP contribution in [0, 0.1) is 0 Å². The van der Waals surface area contributed by atoms with E-state index in [1.165, 1.54) is 0 Å². The number of halogens is 1. The van der Waals surface area contributed by atoms with E-state index in [1.54, 1.807) is 12.1 Å². The number of rotatable bonds is 6. The first-order chi connectivity index (χ1) is 12.2. The second-order valence-corrected chi connectivity index (χ2v) is 6.10. The fourth-order valence-electron chi connectivity index (χ4n) is 2.51. The molecule has 2 aromatic rings. The zero-order chi connectivity index (χ0) is 17.6. The van der Waals surface area contributed by atoms with E-state index in [1.807, 2.05) is 43.3 Å². The molecule has 0 saturated carbocycles. The lowest BCUT2D eigenvalue weighted by atomic mass is 10.2. The van der Waals surface area contributed by atoms with Gasteiger partial charge in [-0.3, -0.25) is 4.79 Å². The number of fused-ring (bicyclic) bond motifs is 1. The van der Waals surface area contributed by atoms with Gasteiger partial charge in [0.2, 0.25) is 0 Å². The van der Waals surface area contributed by atoms with Crippen molar-refractivity contribution in [2.24, 2.45) is 0 Å². The standard InChI is InChI=1S/C19H20ClNO4/c1-2-15(25-16-8-4-3-7-14(16)20)19(22)21-11-13-12-23-17-9-5-6-10-18(17)24-13/h3-10,13,15H,2,11-12H2,1H3,(H,21,22)/t13-,15-/m0/s1. The summed E-state index contributed by atoms with van der Waals surface area (Å²) in [7, 11) is 0. The molecule has 2 aromatic carbocycles. The Morgan fingerprint density at radius 2 is 1.96 bits per heavy atom. The van der Waals surface area contributed by atoms with Crippen molar-refractivity contribution in [3.8, 4) is 17.2 Å². The Balaban J connectivity index is 1.54. The summed E-state index contributed by atoms with van der Waals surface area (Å²) in [5.41, 5.74) is 0. The fourth-order valence-corrected chi connectivity index (χ4v) is 2.69. The Morgan fingerprint density at radius 1 is 1.24 bits per heavy atom. The molecule has 1 aliphatic rings. The maximum atomic E-state index is 12.4. The summed E-state index contributed by atoms with van der Waals surface area (Å²) in [5.74, 6) is 1.70. The molecule has 2 atom stereocenters. The number of carbonyl (C=O) groups excluding carboxylic acids is 1. The van der Waals surface area contributed by atoms with Gasteiger partial charge in [-0.05, 0) is 30.7 Å². The monoisotopic (exact) mass is 361 g/mol. The molecule has 1 N–H and O–H groups in total. The van der Waals surface area contributed by atoms with Gasteiger partial charge < -0.3 is 19.5 Å². The zero-order valence-corrected chi connectivity index (χ0v) is 14.7. The lowest BCUT2D eigenvalue weighted by Crippen LogP contribution is -2.45. The molecule has 132 valence electrons. The molecule has 6 heteroatoms. The SMILES string of the molecule is CC[C@H](Oc1ccccc1Cl)C(=O)NC[C@H]1COc2ccccc2O1. The van der Waals surface area contributed by atoms with E-state index in [4.69, 9.17) is 25.8 Å². The fraction of sp³-hybridized carbons (Fsp3) is 0.316. The minimum atomic E-state index is -0.614. The van der Waals surface area contributed by atoms with Crippen LogP contribution in [-0.2, 0) is 4.79 Å². The average molecular weight is 362 g/mol. The van der Waals surface area contributed by atoms with Gasteiger partial charge in [-0.2, -0.15) is 0 Å². The maximum Gasteiger partial charge on any atom is 0.261 e. The van der Waals surface area contributed by atoms with Crippen LogP contribution in [0.25, 0.3) is 0 Å². The molecular weight excluding hydrogens is 342 g/mol. The van der Waals surface area contributed by atoms with Crippen LogP contribution >= 0.6 is 11.6 Å². The third kappa shape index (κ3) is 4.37. The van der Waals surface area contributed by atoms with Crippen LogP contribution in [0.2, 0.25) is 5.02 Å². The normalized spacial score (nSPS) is 16.8. The first kappa shape index (κ1) is 17.4. The van der Waals surface area contributed by atoms with E-state index in [2.05, 4.69) is 5.32 Å². The summed E-state index contributed by atoms with van der Waals surface area (Å²) < 4.78 is 17.2. The van der Waals surface area contributed by atoms with E-state index >= 15 is 0 Å². The first-order valence-electron chi connectivity index (χ1n) is 8.24. The van der Waals surface area contributed by atoms with Gasteiger partial charge in [-0.1, -0.05) is 42.8 Å². The molecule has 0 saturated heterocycles. The summed E-state index contributed by atoms with van der Waals surface area (Å²) in [4.78, 5) is 12.4. The molecule has 1 aliphatic heterocycles. The second-order valence-electron chi connectivity index (χ2n) is 5.69. The third-order valence-electron chi connectivity index (χ3n) is 3.84. The summed E-state index contributed by atoms with van der Waals surface area (Å²) >= 11 is 6.08. The minimum absolute atomic E-state index is 0.204. The molecule has 1 heterocycles. The van der Waals surface area contributed by atoms with Crippen LogP contribution in [-0.4, -0.2) is 31.3 Å². The number of nitrogens with one attached hydrogen (secondary N) is 1. The lowest BCUT2D eigenvalue weighted by molar-refractivity contribution is -0.128. The van der Waals surface area contributed by atoms with Crippen molar-refractivity contribution in [3.05, 3.63) is 53.6 Å². The molecule has 0 unspecified atom stereocenters. The van der Waals surface area contributed by atoms with Gasteiger partial charge in [0.1, 0.15) is 18.5 Å². The van der Waals surface area contributed by atoms with Crippen molar-refractivity contribution in [2.45, 2.75) is 25.6 Å². The highest BCUT2D eigenvalue weighted by molar-refractivity contribution is 6.32. The predicted molar refractivity (Wildman–Crippen MR) is 95.5 cm³/mol. The smallest absolute Gasteiger partial charge is 0.261 e. The molecule has 0 aliphatic carbocycles. The molecule has 0 spiro atoms. The minimum Gasteiger partial charge on any atom is -0.486 e. The summed E-state index contributed by atoms with van der Waals surface area (Å²) in [6.45, 7) is 2.62. The number of carbonyl (C=O) groups is 1. The van der Waals surface area contributed by atoms with Crippen molar-refractivity contribution < 1.29 is 19.0 Å². The maximum absolute atomic E-state index is 12.4. The number of hydrogen-bond acceptors (Lipinski definition) is 4. The van der Waals surface area contributed by atoms with E-state index in [-0.39, 0.29) is 12.0 Å². The van der Waals surface area contributed by atoms with E-state index in [9.17, 15) is 4.79 Å². The van der Waals surface area contributed by atoms with Crippen molar-refractivity contribution in [3.63, 3.8) is 0 Å². The molecule has 5 nitrogen and oxygen atoms in total. The Labute approximate surface area is 151 Å².